The molecule has 4 rings (SSSR count). The largest absolute Gasteiger partial charge is 0.389 e. The van der Waals surface area contributed by atoms with E-state index in [4.69, 9.17) is 0 Å². The molecule has 0 aromatic carbocycles. The predicted molar refractivity (Wildman–Crippen MR) is 81.2 cm³/mol. The van der Waals surface area contributed by atoms with Gasteiger partial charge in [0.05, 0.1) is 11.2 Å². The van der Waals surface area contributed by atoms with Crippen LogP contribution in [-0.4, -0.2) is 21.4 Å². The van der Waals surface area contributed by atoms with Gasteiger partial charge in [-0.1, -0.05) is 41.5 Å². The van der Waals surface area contributed by atoms with Crippen molar-refractivity contribution >= 4 is 0 Å². The Morgan fingerprint density at radius 1 is 0.700 bits per heavy atom. The minimum Gasteiger partial charge on any atom is -0.389 e. The maximum atomic E-state index is 11.7. The Kier molecular flexibility index (Phi) is 2.83. The van der Waals surface area contributed by atoms with Crippen molar-refractivity contribution in [3.8, 4) is 0 Å². The van der Waals surface area contributed by atoms with Gasteiger partial charge in [0.25, 0.3) is 0 Å². The Hall–Kier alpha value is -0.0800. The van der Waals surface area contributed by atoms with Crippen LogP contribution in [0.4, 0.5) is 0 Å². The number of aliphatic hydroxyl groups is 2. The zero-order valence-corrected chi connectivity index (χ0v) is 14.0. The fraction of sp³-hybridized carbons (Fsp3) is 1.00. The van der Waals surface area contributed by atoms with Crippen LogP contribution in [0.3, 0.4) is 0 Å². The van der Waals surface area contributed by atoms with Gasteiger partial charge in [0, 0.05) is 5.92 Å². The lowest BCUT2D eigenvalue weighted by atomic mass is 9.37. The summed E-state index contributed by atoms with van der Waals surface area (Å²) in [6, 6.07) is 0. The van der Waals surface area contributed by atoms with Crippen molar-refractivity contribution in [1.29, 1.82) is 0 Å². The average molecular weight is 280 g/mol. The van der Waals surface area contributed by atoms with E-state index in [1.165, 1.54) is 12.8 Å². The molecular weight excluding hydrogens is 248 g/mol. The fourth-order valence-corrected chi connectivity index (χ4v) is 6.22. The van der Waals surface area contributed by atoms with Gasteiger partial charge in [-0.3, -0.25) is 0 Å². The highest BCUT2D eigenvalue weighted by atomic mass is 16.3. The first kappa shape index (κ1) is 14.8. The van der Waals surface area contributed by atoms with E-state index in [-0.39, 0.29) is 16.7 Å². The van der Waals surface area contributed by atoms with Crippen molar-refractivity contribution in [3.05, 3.63) is 0 Å². The molecule has 0 aromatic heterocycles. The van der Waals surface area contributed by atoms with Crippen LogP contribution in [0.25, 0.3) is 0 Å². The molecule has 0 amide bonds. The number of hydrogen-bond donors (Lipinski definition) is 2. The van der Waals surface area contributed by atoms with Gasteiger partial charge >= 0.3 is 0 Å². The van der Waals surface area contributed by atoms with Crippen LogP contribution in [0, 0.1) is 34.5 Å². The lowest BCUT2D eigenvalue weighted by molar-refractivity contribution is -0.322. The minimum absolute atomic E-state index is 0.0336. The van der Waals surface area contributed by atoms with Gasteiger partial charge in [0.15, 0.2) is 0 Å². The molecule has 20 heavy (non-hydrogen) atoms. The highest BCUT2D eigenvalue weighted by molar-refractivity contribution is 5.21. The maximum Gasteiger partial charge on any atom is 0.0779 e. The van der Waals surface area contributed by atoms with Crippen molar-refractivity contribution in [2.45, 2.75) is 78.4 Å². The van der Waals surface area contributed by atoms with Gasteiger partial charge in [-0.25, -0.2) is 0 Å². The lowest BCUT2D eigenvalue weighted by Gasteiger charge is -2.71. The molecule has 4 unspecified atom stereocenters. The highest BCUT2D eigenvalue weighted by Gasteiger charge is 2.71. The normalized spacial score (nSPS) is 51.6. The second-order valence-electron chi connectivity index (χ2n) is 9.91. The van der Waals surface area contributed by atoms with Crippen molar-refractivity contribution in [2.24, 2.45) is 34.5 Å². The molecule has 0 heterocycles. The standard InChI is InChI=1S/C18H32O2/c1-15(2,3)17(19)12-7-11-8-13(10-12)18(20,14(17)9-11)16(4,5)6/h11-14,19-20H,7-10H2,1-6H3. The Bertz CT molecular complexity index is 380. The number of rotatable bonds is 0. The third-order valence-electron chi connectivity index (χ3n) is 7.08. The molecule has 0 spiro atoms. The SMILES string of the molecule is CC(C)(C)C1(O)C2CC3CC(C2)C(O)(C(C)(C)C)C1C3. The van der Waals surface area contributed by atoms with Gasteiger partial charge in [-0.15, -0.1) is 0 Å². The summed E-state index contributed by atoms with van der Waals surface area (Å²) in [6.45, 7) is 12.9. The van der Waals surface area contributed by atoms with E-state index < -0.39 is 11.2 Å². The van der Waals surface area contributed by atoms with Crippen LogP contribution in [0.15, 0.2) is 0 Å². The van der Waals surface area contributed by atoms with Gasteiger partial charge in [0.1, 0.15) is 0 Å². The molecule has 2 nitrogen and oxygen atoms in total. The number of hydrogen-bond acceptors (Lipinski definition) is 2. The van der Waals surface area contributed by atoms with Crippen LogP contribution >= 0.6 is 0 Å². The van der Waals surface area contributed by atoms with Crippen molar-refractivity contribution in [3.63, 3.8) is 0 Å². The molecule has 4 atom stereocenters. The first-order chi connectivity index (χ1) is 8.92. The van der Waals surface area contributed by atoms with Gasteiger partial charge in [-0.05, 0) is 54.3 Å². The van der Waals surface area contributed by atoms with E-state index >= 15 is 0 Å². The first-order valence-electron chi connectivity index (χ1n) is 8.37. The van der Waals surface area contributed by atoms with E-state index in [2.05, 4.69) is 41.5 Å². The Morgan fingerprint density at radius 3 is 1.45 bits per heavy atom. The van der Waals surface area contributed by atoms with Gasteiger partial charge < -0.3 is 10.2 Å². The van der Waals surface area contributed by atoms with Crippen molar-refractivity contribution in [1.82, 2.24) is 0 Å². The molecular formula is C18H32O2. The summed E-state index contributed by atoms with van der Waals surface area (Å²) in [5, 5.41) is 23.3. The van der Waals surface area contributed by atoms with Crippen LogP contribution in [0.1, 0.15) is 67.2 Å². The molecule has 0 aliphatic heterocycles. The minimum atomic E-state index is -0.720. The molecule has 2 heteroatoms. The van der Waals surface area contributed by atoms with Gasteiger partial charge in [0.2, 0.25) is 0 Å². The lowest BCUT2D eigenvalue weighted by Crippen LogP contribution is -2.75. The molecule has 4 fully saturated rings. The summed E-state index contributed by atoms with van der Waals surface area (Å²) in [7, 11) is 0. The predicted octanol–water partition coefficient (Wildman–Crippen LogP) is 3.61. The third kappa shape index (κ3) is 1.53. The van der Waals surface area contributed by atoms with Crippen LogP contribution in [0.2, 0.25) is 0 Å². The topological polar surface area (TPSA) is 40.5 Å². The molecule has 4 bridgehead atoms. The van der Waals surface area contributed by atoms with E-state index in [9.17, 15) is 10.2 Å². The summed E-state index contributed by atoms with van der Waals surface area (Å²) < 4.78 is 0. The van der Waals surface area contributed by atoms with Crippen molar-refractivity contribution in [2.75, 3.05) is 0 Å². The molecule has 4 aliphatic carbocycles. The summed E-state index contributed by atoms with van der Waals surface area (Å²) in [5.41, 5.74) is -1.78. The molecule has 4 saturated carbocycles. The van der Waals surface area contributed by atoms with Crippen LogP contribution in [0.5, 0.6) is 0 Å². The summed E-state index contributed by atoms with van der Waals surface area (Å²) in [4.78, 5) is 0. The Morgan fingerprint density at radius 2 is 1.10 bits per heavy atom. The van der Waals surface area contributed by atoms with E-state index in [0.29, 0.717) is 11.8 Å². The van der Waals surface area contributed by atoms with Crippen molar-refractivity contribution < 1.29 is 10.2 Å². The molecule has 0 radical (unpaired) electrons. The highest BCUT2D eigenvalue weighted by Crippen LogP contribution is 2.69. The van der Waals surface area contributed by atoms with Crippen LogP contribution < -0.4 is 0 Å². The fourth-order valence-electron chi connectivity index (χ4n) is 6.22. The van der Waals surface area contributed by atoms with E-state index in [1.807, 2.05) is 0 Å². The van der Waals surface area contributed by atoms with Gasteiger partial charge in [-0.2, -0.15) is 0 Å². The van der Waals surface area contributed by atoms with E-state index in [0.717, 1.165) is 18.8 Å². The quantitative estimate of drug-likeness (QED) is 0.711. The maximum absolute atomic E-state index is 11.7. The Labute approximate surface area is 124 Å². The van der Waals surface area contributed by atoms with Crippen LogP contribution in [-0.2, 0) is 0 Å². The molecule has 0 aromatic rings. The average Bonchev–Trinajstić information content (AvgIpc) is 2.28. The molecule has 116 valence electrons. The van der Waals surface area contributed by atoms with E-state index in [1.54, 1.807) is 0 Å². The second kappa shape index (κ2) is 3.81. The monoisotopic (exact) mass is 280 g/mol. The first-order valence-corrected chi connectivity index (χ1v) is 8.37. The zero-order chi connectivity index (χ0) is 15.1. The summed E-state index contributed by atoms with van der Waals surface area (Å²) in [6.07, 6.45) is 4.35. The summed E-state index contributed by atoms with van der Waals surface area (Å²) in [5.74, 6) is 1.53. The smallest absolute Gasteiger partial charge is 0.0779 e. The second-order valence-corrected chi connectivity index (χ2v) is 9.91. The molecule has 0 saturated heterocycles. The molecule has 4 aliphatic rings. The molecule has 2 N–H and O–H groups in total. The third-order valence-corrected chi connectivity index (χ3v) is 7.08. The zero-order valence-electron chi connectivity index (χ0n) is 14.0. The summed E-state index contributed by atoms with van der Waals surface area (Å²) >= 11 is 0. The Balaban J connectivity index is 2.13.